The molecule has 3 rings (SSSR count). The van der Waals surface area contributed by atoms with E-state index in [1.165, 1.54) is 55.1 Å². The third kappa shape index (κ3) is 3.14. The summed E-state index contributed by atoms with van der Waals surface area (Å²) in [5, 5.41) is 3.88. The highest BCUT2D eigenvalue weighted by Crippen LogP contribution is 2.37. The summed E-state index contributed by atoms with van der Waals surface area (Å²) in [6, 6.07) is 1.49. The highest BCUT2D eigenvalue weighted by atomic mass is 32.2. The average Bonchev–Trinajstić information content (AvgIpc) is 2.83. The minimum Gasteiger partial charge on any atom is -0.375 e. The Labute approximate surface area is 113 Å². The van der Waals surface area contributed by atoms with Crippen LogP contribution >= 0.6 is 23.5 Å². The molecule has 2 unspecified atom stereocenters. The van der Waals surface area contributed by atoms with Gasteiger partial charge in [-0.1, -0.05) is 0 Å². The first-order chi connectivity index (χ1) is 8.36. The van der Waals surface area contributed by atoms with E-state index in [9.17, 15) is 0 Å². The van der Waals surface area contributed by atoms with Crippen molar-refractivity contribution in [2.24, 2.45) is 0 Å². The lowest BCUT2D eigenvalue weighted by Crippen LogP contribution is -2.51. The molecule has 2 nitrogen and oxygen atoms in total. The molecule has 3 aliphatic heterocycles. The van der Waals surface area contributed by atoms with Crippen LogP contribution in [0, 0.1) is 0 Å². The second-order valence-electron chi connectivity index (χ2n) is 5.56. The van der Waals surface area contributed by atoms with Gasteiger partial charge in [-0.3, -0.25) is 0 Å². The third-order valence-corrected chi connectivity index (χ3v) is 6.45. The summed E-state index contributed by atoms with van der Waals surface area (Å²) in [5.41, 5.74) is 0.243. The van der Waals surface area contributed by atoms with Crippen molar-refractivity contribution in [1.82, 2.24) is 5.32 Å². The van der Waals surface area contributed by atoms with E-state index in [1.807, 2.05) is 0 Å². The van der Waals surface area contributed by atoms with Crippen LogP contribution in [0.25, 0.3) is 0 Å². The molecule has 3 fully saturated rings. The molecule has 0 aliphatic carbocycles. The molecule has 0 amide bonds. The fraction of sp³-hybridized carbons (Fsp3) is 1.00. The van der Waals surface area contributed by atoms with Crippen LogP contribution in [0.4, 0.5) is 0 Å². The molecule has 0 aromatic carbocycles. The predicted molar refractivity (Wildman–Crippen MR) is 77.1 cm³/mol. The van der Waals surface area contributed by atoms with E-state index in [4.69, 9.17) is 4.74 Å². The summed E-state index contributed by atoms with van der Waals surface area (Å²) in [4.78, 5) is 0. The normalized spacial score (nSPS) is 37.4. The van der Waals surface area contributed by atoms with Crippen molar-refractivity contribution in [1.29, 1.82) is 0 Å². The van der Waals surface area contributed by atoms with Crippen molar-refractivity contribution in [3.8, 4) is 0 Å². The van der Waals surface area contributed by atoms with Gasteiger partial charge < -0.3 is 10.1 Å². The Kier molecular flexibility index (Phi) is 4.26. The number of hydrogen-bond acceptors (Lipinski definition) is 4. The molecule has 0 bridgehead atoms. The van der Waals surface area contributed by atoms with E-state index >= 15 is 0 Å². The van der Waals surface area contributed by atoms with Crippen LogP contribution in [0.5, 0.6) is 0 Å². The zero-order chi connectivity index (χ0) is 11.6. The Balaban J connectivity index is 1.55. The monoisotopic (exact) mass is 273 g/mol. The molecule has 0 aromatic heterocycles. The average molecular weight is 273 g/mol. The molecule has 3 heterocycles. The zero-order valence-corrected chi connectivity index (χ0v) is 12.1. The van der Waals surface area contributed by atoms with Crippen LogP contribution in [-0.2, 0) is 4.74 Å². The molecule has 1 N–H and O–H groups in total. The van der Waals surface area contributed by atoms with Gasteiger partial charge in [0.1, 0.15) is 0 Å². The summed E-state index contributed by atoms with van der Waals surface area (Å²) in [6.07, 6.45) is 6.39. The molecule has 3 saturated heterocycles. The summed E-state index contributed by atoms with van der Waals surface area (Å²) in [7, 11) is 0. The van der Waals surface area contributed by atoms with Crippen LogP contribution in [0.15, 0.2) is 0 Å². The van der Waals surface area contributed by atoms with Crippen molar-refractivity contribution in [3.63, 3.8) is 0 Å². The molecule has 17 heavy (non-hydrogen) atoms. The smallest absolute Gasteiger partial charge is 0.0713 e. The topological polar surface area (TPSA) is 21.3 Å². The van der Waals surface area contributed by atoms with Gasteiger partial charge in [0.15, 0.2) is 0 Å². The molecule has 2 atom stereocenters. The Morgan fingerprint density at radius 3 is 2.65 bits per heavy atom. The van der Waals surface area contributed by atoms with Gasteiger partial charge in [-0.2, -0.15) is 23.5 Å². The number of ether oxygens (including phenoxy) is 1. The zero-order valence-electron chi connectivity index (χ0n) is 10.5. The van der Waals surface area contributed by atoms with Crippen LogP contribution in [-0.4, -0.2) is 47.3 Å². The summed E-state index contributed by atoms with van der Waals surface area (Å²) >= 11 is 4.19. The van der Waals surface area contributed by atoms with Gasteiger partial charge in [-0.15, -0.1) is 0 Å². The highest BCUT2D eigenvalue weighted by molar-refractivity contribution is 7.99. The third-order valence-electron chi connectivity index (χ3n) is 4.30. The Morgan fingerprint density at radius 1 is 1.00 bits per heavy atom. The fourth-order valence-corrected chi connectivity index (χ4v) is 5.66. The van der Waals surface area contributed by atoms with Crippen LogP contribution in [0.3, 0.4) is 0 Å². The molecule has 0 radical (unpaired) electrons. The van der Waals surface area contributed by atoms with Crippen molar-refractivity contribution < 1.29 is 4.74 Å². The quantitative estimate of drug-likeness (QED) is 0.834. The van der Waals surface area contributed by atoms with Gasteiger partial charge in [-0.05, 0) is 49.4 Å². The first-order valence-corrected chi connectivity index (χ1v) is 9.23. The Hall–Kier alpha value is 0.620. The second-order valence-corrected chi connectivity index (χ2v) is 7.94. The number of thioether (sulfide) groups is 2. The van der Waals surface area contributed by atoms with Gasteiger partial charge in [0, 0.05) is 24.4 Å². The largest absolute Gasteiger partial charge is 0.375 e. The highest BCUT2D eigenvalue weighted by Gasteiger charge is 2.39. The molecular weight excluding hydrogens is 250 g/mol. The van der Waals surface area contributed by atoms with Gasteiger partial charge in [0.25, 0.3) is 0 Å². The number of nitrogens with one attached hydrogen (secondary N) is 1. The summed E-state index contributed by atoms with van der Waals surface area (Å²) in [5.74, 6) is 5.26. The molecule has 3 aliphatic rings. The van der Waals surface area contributed by atoms with Crippen molar-refractivity contribution in [3.05, 3.63) is 0 Å². The SMILES string of the molecule is C1CC(NC2CCSC2)CC2(CCSCC2)O1. The molecule has 1 spiro atoms. The molecule has 0 aromatic rings. The van der Waals surface area contributed by atoms with Gasteiger partial charge in [-0.25, -0.2) is 0 Å². The predicted octanol–water partition coefficient (Wildman–Crippen LogP) is 2.53. The number of rotatable bonds is 2. The first-order valence-electron chi connectivity index (χ1n) is 6.92. The number of hydrogen-bond donors (Lipinski definition) is 1. The van der Waals surface area contributed by atoms with Crippen LogP contribution in [0.2, 0.25) is 0 Å². The van der Waals surface area contributed by atoms with E-state index in [0.717, 1.165) is 18.7 Å². The lowest BCUT2D eigenvalue weighted by Gasteiger charge is -2.44. The fourth-order valence-electron chi connectivity index (χ4n) is 3.26. The lowest BCUT2D eigenvalue weighted by molar-refractivity contribution is -0.0939. The van der Waals surface area contributed by atoms with E-state index in [1.54, 1.807) is 0 Å². The van der Waals surface area contributed by atoms with Crippen LogP contribution in [0.1, 0.15) is 32.1 Å². The van der Waals surface area contributed by atoms with Crippen molar-refractivity contribution in [2.45, 2.75) is 49.8 Å². The standard InChI is InChI=1S/C13H23NOS2/c1-5-15-13(3-7-16-8-4-13)9-11(1)14-12-2-6-17-10-12/h11-12,14H,1-10H2. The maximum Gasteiger partial charge on any atom is 0.0713 e. The van der Waals surface area contributed by atoms with E-state index in [-0.39, 0.29) is 5.60 Å². The molecule has 0 saturated carbocycles. The molecular formula is C13H23NOS2. The summed E-state index contributed by atoms with van der Waals surface area (Å²) < 4.78 is 6.14. The van der Waals surface area contributed by atoms with Crippen molar-refractivity contribution >= 4 is 23.5 Å². The Bertz CT molecular complexity index is 244. The Morgan fingerprint density at radius 2 is 1.88 bits per heavy atom. The van der Waals surface area contributed by atoms with Gasteiger partial charge in [0.2, 0.25) is 0 Å². The first kappa shape index (κ1) is 12.6. The minimum atomic E-state index is 0.243. The van der Waals surface area contributed by atoms with E-state index in [2.05, 4.69) is 28.8 Å². The summed E-state index contributed by atoms with van der Waals surface area (Å²) in [6.45, 7) is 0.974. The molecule has 4 heteroatoms. The lowest BCUT2D eigenvalue weighted by atomic mass is 9.85. The van der Waals surface area contributed by atoms with E-state index < -0.39 is 0 Å². The maximum absolute atomic E-state index is 6.14. The second kappa shape index (κ2) is 5.72. The minimum absolute atomic E-state index is 0.243. The van der Waals surface area contributed by atoms with Gasteiger partial charge >= 0.3 is 0 Å². The van der Waals surface area contributed by atoms with Gasteiger partial charge in [0.05, 0.1) is 5.60 Å². The maximum atomic E-state index is 6.14. The van der Waals surface area contributed by atoms with Crippen molar-refractivity contribution in [2.75, 3.05) is 29.6 Å². The molecule has 98 valence electrons. The van der Waals surface area contributed by atoms with Crippen LogP contribution < -0.4 is 5.32 Å². The van der Waals surface area contributed by atoms with E-state index in [0.29, 0.717) is 0 Å².